The molecule has 1 heterocycles. The smallest absolute Gasteiger partial charge is 0.284 e. The number of carbonyl (C=O) groups is 1. The van der Waals surface area contributed by atoms with Crippen LogP contribution in [0, 0.1) is 0 Å². The number of alkyl halides is 3. The van der Waals surface area contributed by atoms with Gasteiger partial charge in [-0.15, -0.1) is 0 Å². The highest BCUT2D eigenvalue weighted by Crippen LogP contribution is 2.34. The summed E-state index contributed by atoms with van der Waals surface area (Å²) < 4.78 is 38.7. The zero-order valence-electron chi connectivity index (χ0n) is 14.0. The summed E-state index contributed by atoms with van der Waals surface area (Å²) in [5, 5.41) is 0.605. The van der Waals surface area contributed by atoms with Gasteiger partial charge in [-0.25, -0.2) is 4.79 Å². The lowest BCUT2D eigenvalue weighted by Gasteiger charge is -2.38. The first-order valence-electron chi connectivity index (χ1n) is 7.60. The number of amidine groups is 1. The number of aliphatic imine (C=N–C) groups is 1. The van der Waals surface area contributed by atoms with Crippen LogP contribution in [0.4, 0.5) is 23.7 Å². The van der Waals surface area contributed by atoms with Crippen molar-refractivity contribution in [3.05, 3.63) is 29.8 Å². The van der Waals surface area contributed by atoms with E-state index >= 15 is 0 Å². The van der Waals surface area contributed by atoms with Gasteiger partial charge in [0.15, 0.2) is 5.17 Å². The summed E-state index contributed by atoms with van der Waals surface area (Å²) >= 11 is 1.35. The zero-order chi connectivity index (χ0) is 18.1. The zero-order valence-corrected chi connectivity index (χ0v) is 14.8. The van der Waals surface area contributed by atoms with E-state index in [1.807, 2.05) is 27.7 Å². The molecule has 1 aliphatic heterocycles. The second-order valence-electron chi connectivity index (χ2n) is 6.00. The molecule has 0 aliphatic carbocycles. The Morgan fingerprint density at radius 3 is 2.42 bits per heavy atom. The number of carbonyl (C=O) groups excluding carboxylic acids is 1. The molecule has 1 fully saturated rings. The molecule has 1 aromatic carbocycles. The van der Waals surface area contributed by atoms with Crippen molar-refractivity contribution in [1.82, 2.24) is 4.90 Å². The molecule has 0 spiro atoms. The van der Waals surface area contributed by atoms with Gasteiger partial charge in [0.25, 0.3) is 0 Å². The quantitative estimate of drug-likeness (QED) is 0.776. The van der Waals surface area contributed by atoms with Crippen molar-refractivity contribution in [3.63, 3.8) is 0 Å². The predicted molar refractivity (Wildman–Crippen MR) is 91.3 cm³/mol. The highest BCUT2D eigenvalue weighted by molar-refractivity contribution is 8.14. The van der Waals surface area contributed by atoms with Crippen LogP contribution >= 0.6 is 11.8 Å². The summed E-state index contributed by atoms with van der Waals surface area (Å²) in [7, 11) is 0. The maximum absolute atomic E-state index is 12.9. The summed E-state index contributed by atoms with van der Waals surface area (Å²) in [5.74, 6) is 0.231. The lowest BCUT2D eigenvalue weighted by molar-refractivity contribution is -0.137. The van der Waals surface area contributed by atoms with Crippen LogP contribution in [0.3, 0.4) is 0 Å². The van der Waals surface area contributed by atoms with Crippen LogP contribution in [0.5, 0.6) is 0 Å². The van der Waals surface area contributed by atoms with E-state index in [4.69, 9.17) is 0 Å². The third-order valence-corrected chi connectivity index (χ3v) is 4.28. The molecule has 1 aliphatic rings. The molecular weight excluding hydrogens is 339 g/mol. The molecule has 0 N–H and O–H groups in total. The van der Waals surface area contributed by atoms with E-state index in [1.165, 1.54) is 33.7 Å². The average molecular weight is 359 g/mol. The van der Waals surface area contributed by atoms with Crippen LogP contribution < -0.4 is 4.90 Å². The van der Waals surface area contributed by atoms with Crippen LogP contribution in [0.25, 0.3) is 0 Å². The third-order valence-electron chi connectivity index (χ3n) is 3.34. The predicted octanol–water partition coefficient (Wildman–Crippen LogP) is 4.81. The molecule has 0 bridgehead atoms. The molecule has 2 amide bonds. The first-order chi connectivity index (χ1) is 11.1. The van der Waals surface area contributed by atoms with E-state index in [2.05, 4.69) is 4.99 Å². The Balaban J connectivity index is 2.36. The number of thioether (sulfide) groups is 1. The van der Waals surface area contributed by atoms with Gasteiger partial charge in [0.05, 0.1) is 11.4 Å². The van der Waals surface area contributed by atoms with E-state index in [1.54, 1.807) is 0 Å². The van der Waals surface area contributed by atoms with Gasteiger partial charge >= 0.3 is 12.2 Å². The summed E-state index contributed by atoms with van der Waals surface area (Å²) in [6, 6.07) is 4.35. The lowest BCUT2D eigenvalue weighted by atomic mass is 10.2. The van der Waals surface area contributed by atoms with Crippen molar-refractivity contribution in [1.29, 1.82) is 0 Å². The number of anilines is 1. The number of nitrogens with zero attached hydrogens (tertiary/aromatic N) is 3. The molecule has 132 valence electrons. The van der Waals surface area contributed by atoms with Crippen LogP contribution in [-0.4, -0.2) is 34.1 Å². The molecule has 0 atom stereocenters. The Labute approximate surface area is 143 Å². The number of halogens is 3. The minimum atomic E-state index is -4.44. The monoisotopic (exact) mass is 359 g/mol. The molecule has 2 rings (SSSR count). The maximum atomic E-state index is 12.9. The molecular formula is C16H20F3N3OS. The van der Waals surface area contributed by atoms with Gasteiger partial charge in [0, 0.05) is 17.8 Å². The van der Waals surface area contributed by atoms with Crippen molar-refractivity contribution in [3.8, 4) is 0 Å². The van der Waals surface area contributed by atoms with E-state index in [9.17, 15) is 18.0 Å². The van der Waals surface area contributed by atoms with Gasteiger partial charge in [-0.2, -0.15) is 13.2 Å². The highest BCUT2D eigenvalue weighted by Gasteiger charge is 2.36. The summed E-state index contributed by atoms with van der Waals surface area (Å²) in [6.07, 6.45) is -4.44. The van der Waals surface area contributed by atoms with E-state index in [-0.39, 0.29) is 29.7 Å². The summed E-state index contributed by atoms with van der Waals surface area (Å²) in [4.78, 5) is 20.1. The second kappa shape index (κ2) is 7.04. The number of urea groups is 1. The fourth-order valence-corrected chi connectivity index (χ4v) is 3.47. The number of benzene rings is 1. The van der Waals surface area contributed by atoms with Gasteiger partial charge in [0.2, 0.25) is 0 Å². The van der Waals surface area contributed by atoms with Gasteiger partial charge in [0.1, 0.15) is 0 Å². The molecule has 0 unspecified atom stereocenters. The van der Waals surface area contributed by atoms with Crippen LogP contribution in [0.1, 0.15) is 33.3 Å². The van der Waals surface area contributed by atoms with Crippen molar-refractivity contribution in [2.75, 3.05) is 10.8 Å². The number of amides is 2. The molecule has 1 aromatic rings. The number of rotatable bonds is 3. The summed E-state index contributed by atoms with van der Waals surface area (Å²) in [5.41, 5.74) is -0.535. The number of hydrogen-bond donors (Lipinski definition) is 0. The van der Waals surface area contributed by atoms with Crippen LogP contribution in [-0.2, 0) is 6.18 Å². The van der Waals surface area contributed by atoms with E-state index < -0.39 is 11.7 Å². The molecule has 4 nitrogen and oxygen atoms in total. The molecule has 0 saturated carbocycles. The van der Waals surface area contributed by atoms with Crippen LogP contribution in [0.2, 0.25) is 0 Å². The molecule has 0 radical (unpaired) electrons. The largest absolute Gasteiger partial charge is 0.416 e. The first-order valence-corrected chi connectivity index (χ1v) is 8.58. The van der Waals surface area contributed by atoms with Gasteiger partial charge in [-0.05, 0) is 45.9 Å². The molecule has 0 aromatic heterocycles. The van der Waals surface area contributed by atoms with Gasteiger partial charge in [-0.1, -0.05) is 17.8 Å². The highest BCUT2D eigenvalue weighted by atomic mass is 32.2. The van der Waals surface area contributed by atoms with Crippen molar-refractivity contribution in [2.24, 2.45) is 4.99 Å². The third kappa shape index (κ3) is 4.03. The normalized spacial score (nSPS) is 18.2. The van der Waals surface area contributed by atoms with Crippen molar-refractivity contribution in [2.45, 2.75) is 46.0 Å². The standard InChI is InChI=1S/C16H20F3N3OS/c1-10(2)20-14-22(11(3)4)15(23)21(9-24-14)13-7-5-6-12(8-13)16(17,18)19/h5-8,10-11H,9H2,1-4H3. The minimum absolute atomic E-state index is 0.0293. The van der Waals surface area contributed by atoms with Gasteiger partial charge in [-0.3, -0.25) is 14.8 Å². The minimum Gasteiger partial charge on any atom is -0.284 e. The maximum Gasteiger partial charge on any atom is 0.416 e. The van der Waals surface area contributed by atoms with Gasteiger partial charge < -0.3 is 0 Å². The average Bonchev–Trinajstić information content (AvgIpc) is 2.45. The van der Waals surface area contributed by atoms with Crippen molar-refractivity contribution < 1.29 is 18.0 Å². The fourth-order valence-electron chi connectivity index (χ4n) is 2.26. The molecule has 8 heteroatoms. The Kier molecular flexibility index (Phi) is 5.47. The topological polar surface area (TPSA) is 35.9 Å². The fraction of sp³-hybridized carbons (Fsp3) is 0.500. The molecule has 24 heavy (non-hydrogen) atoms. The van der Waals surface area contributed by atoms with Crippen LogP contribution in [0.15, 0.2) is 29.3 Å². The lowest BCUT2D eigenvalue weighted by Crippen LogP contribution is -2.53. The molecule has 1 saturated heterocycles. The van der Waals surface area contributed by atoms with Crippen molar-refractivity contribution >= 4 is 28.6 Å². The second-order valence-corrected chi connectivity index (χ2v) is 6.91. The Morgan fingerprint density at radius 1 is 1.21 bits per heavy atom. The Bertz CT molecular complexity index is 644. The summed E-state index contributed by atoms with van der Waals surface area (Å²) in [6.45, 7) is 7.53. The Morgan fingerprint density at radius 2 is 1.88 bits per heavy atom. The SMILES string of the molecule is CC(C)N=C1SCN(c2cccc(C(F)(F)F)c2)C(=O)N1C(C)C. The number of hydrogen-bond acceptors (Lipinski definition) is 3. The van der Waals surface area contributed by atoms with E-state index in [0.29, 0.717) is 5.17 Å². The Hall–Kier alpha value is -1.70. The van der Waals surface area contributed by atoms with E-state index in [0.717, 1.165) is 12.1 Å². The first kappa shape index (κ1) is 18.6.